The van der Waals surface area contributed by atoms with Crippen molar-refractivity contribution in [1.29, 1.82) is 0 Å². The third-order valence-corrected chi connectivity index (χ3v) is 3.48. The van der Waals surface area contributed by atoms with E-state index in [1.54, 1.807) is 0 Å². The lowest BCUT2D eigenvalue weighted by Gasteiger charge is -2.01. The average molecular weight is 256 g/mol. The van der Waals surface area contributed by atoms with Gasteiger partial charge in [-0.3, -0.25) is 0 Å². The molecular formula is C14H12N2OS. The number of ether oxygens (including phenoxy) is 1. The Kier molecular flexibility index (Phi) is 2.64. The molecule has 1 aromatic heterocycles. The van der Waals surface area contributed by atoms with Gasteiger partial charge in [0.05, 0.1) is 10.2 Å². The summed E-state index contributed by atoms with van der Waals surface area (Å²) >= 11 is 1.50. The molecule has 0 saturated heterocycles. The Morgan fingerprint density at radius 3 is 2.89 bits per heavy atom. The molecule has 90 valence electrons. The number of nitrogens with zero attached hydrogens (tertiary/aromatic N) is 1. The van der Waals surface area contributed by atoms with E-state index in [1.807, 2.05) is 49.4 Å². The smallest absolute Gasteiger partial charge is 0.279 e. The third kappa shape index (κ3) is 2.15. The van der Waals surface area contributed by atoms with Gasteiger partial charge < -0.3 is 10.5 Å². The molecule has 0 spiro atoms. The number of thiazole rings is 1. The first-order valence-corrected chi connectivity index (χ1v) is 6.43. The topological polar surface area (TPSA) is 48.1 Å². The summed E-state index contributed by atoms with van der Waals surface area (Å²) in [5, 5.41) is 0.640. The SMILES string of the molecule is Cc1cccc(Oc2nc3ccc(N)cc3s2)c1. The number of nitrogen functional groups attached to an aromatic ring is 1. The molecule has 0 fully saturated rings. The first kappa shape index (κ1) is 11.0. The molecule has 0 aliphatic carbocycles. The fraction of sp³-hybridized carbons (Fsp3) is 0.0714. The summed E-state index contributed by atoms with van der Waals surface area (Å²) in [5.41, 5.74) is 8.57. The largest absolute Gasteiger partial charge is 0.431 e. The summed E-state index contributed by atoms with van der Waals surface area (Å²) in [6.07, 6.45) is 0. The Labute approximate surface area is 109 Å². The second kappa shape index (κ2) is 4.31. The van der Waals surface area contributed by atoms with Crippen molar-refractivity contribution in [3.05, 3.63) is 48.0 Å². The minimum Gasteiger partial charge on any atom is -0.431 e. The van der Waals surface area contributed by atoms with E-state index < -0.39 is 0 Å². The highest BCUT2D eigenvalue weighted by molar-refractivity contribution is 7.20. The van der Waals surface area contributed by atoms with E-state index in [-0.39, 0.29) is 0 Å². The van der Waals surface area contributed by atoms with Crippen LogP contribution in [0.4, 0.5) is 5.69 Å². The average Bonchev–Trinajstić information content (AvgIpc) is 2.70. The summed E-state index contributed by atoms with van der Waals surface area (Å²) in [5.74, 6) is 0.807. The predicted molar refractivity (Wildman–Crippen MR) is 75.3 cm³/mol. The second-order valence-electron chi connectivity index (χ2n) is 4.13. The minimum atomic E-state index is 0.640. The number of rotatable bonds is 2. The van der Waals surface area contributed by atoms with Gasteiger partial charge in [0.2, 0.25) is 0 Å². The zero-order valence-electron chi connectivity index (χ0n) is 9.88. The summed E-state index contributed by atoms with van der Waals surface area (Å²) in [6.45, 7) is 2.03. The van der Waals surface area contributed by atoms with Crippen molar-refractivity contribution >= 4 is 27.2 Å². The molecule has 3 rings (SSSR count). The minimum absolute atomic E-state index is 0.640. The fourth-order valence-corrected chi connectivity index (χ4v) is 2.63. The van der Waals surface area contributed by atoms with Gasteiger partial charge in [0, 0.05) is 5.69 Å². The maximum Gasteiger partial charge on any atom is 0.279 e. The van der Waals surface area contributed by atoms with Crippen LogP contribution in [0.2, 0.25) is 0 Å². The van der Waals surface area contributed by atoms with E-state index >= 15 is 0 Å². The van der Waals surface area contributed by atoms with Gasteiger partial charge in [-0.05, 0) is 42.8 Å². The van der Waals surface area contributed by atoms with Crippen LogP contribution in [-0.2, 0) is 0 Å². The van der Waals surface area contributed by atoms with Crippen molar-refractivity contribution in [2.75, 3.05) is 5.73 Å². The molecule has 3 aromatic rings. The number of aryl methyl sites for hydroxylation is 1. The highest BCUT2D eigenvalue weighted by Crippen LogP contribution is 2.32. The Bertz CT molecular complexity index is 706. The highest BCUT2D eigenvalue weighted by atomic mass is 32.1. The molecule has 0 bridgehead atoms. The van der Waals surface area contributed by atoms with Crippen LogP contribution in [0.1, 0.15) is 5.56 Å². The van der Waals surface area contributed by atoms with Crippen LogP contribution < -0.4 is 10.5 Å². The zero-order chi connectivity index (χ0) is 12.5. The number of nitrogens with two attached hydrogens (primary N) is 1. The summed E-state index contributed by atoms with van der Waals surface area (Å²) in [7, 11) is 0. The van der Waals surface area contributed by atoms with E-state index in [0.717, 1.165) is 27.2 Å². The third-order valence-electron chi connectivity index (χ3n) is 2.59. The lowest BCUT2D eigenvalue weighted by atomic mass is 10.2. The van der Waals surface area contributed by atoms with Gasteiger partial charge in [-0.15, -0.1) is 0 Å². The molecule has 0 unspecified atom stereocenters. The lowest BCUT2D eigenvalue weighted by molar-refractivity contribution is 0.480. The first-order valence-electron chi connectivity index (χ1n) is 5.61. The molecule has 0 amide bonds. The Balaban J connectivity index is 1.95. The normalized spacial score (nSPS) is 10.7. The summed E-state index contributed by atoms with van der Waals surface area (Å²) in [6, 6.07) is 13.6. The lowest BCUT2D eigenvalue weighted by Crippen LogP contribution is -1.83. The van der Waals surface area contributed by atoms with Crippen molar-refractivity contribution in [2.24, 2.45) is 0 Å². The second-order valence-corrected chi connectivity index (χ2v) is 5.12. The number of fused-ring (bicyclic) bond motifs is 1. The van der Waals surface area contributed by atoms with E-state index in [9.17, 15) is 0 Å². The maximum absolute atomic E-state index is 5.75. The standard InChI is InChI=1S/C14H12N2OS/c1-9-3-2-4-11(7-9)17-14-16-12-6-5-10(15)8-13(12)18-14/h2-8H,15H2,1H3. The van der Waals surface area contributed by atoms with Crippen LogP contribution >= 0.6 is 11.3 Å². The van der Waals surface area contributed by atoms with Gasteiger partial charge in [0.25, 0.3) is 5.19 Å². The Hall–Kier alpha value is -2.07. The van der Waals surface area contributed by atoms with Crippen LogP contribution in [0.5, 0.6) is 10.9 Å². The molecule has 0 aliphatic heterocycles. The van der Waals surface area contributed by atoms with Crippen molar-refractivity contribution in [1.82, 2.24) is 4.98 Å². The molecule has 0 aliphatic rings. The van der Waals surface area contributed by atoms with Crippen LogP contribution in [0, 0.1) is 6.92 Å². The van der Waals surface area contributed by atoms with Gasteiger partial charge in [0.1, 0.15) is 5.75 Å². The van der Waals surface area contributed by atoms with Crippen molar-refractivity contribution < 1.29 is 4.74 Å². The number of aromatic nitrogens is 1. The fourth-order valence-electron chi connectivity index (χ4n) is 1.74. The summed E-state index contributed by atoms with van der Waals surface area (Å²) in [4.78, 5) is 4.42. The van der Waals surface area contributed by atoms with E-state index in [1.165, 1.54) is 11.3 Å². The predicted octanol–water partition coefficient (Wildman–Crippen LogP) is 3.98. The molecule has 2 N–H and O–H groups in total. The van der Waals surface area contributed by atoms with Crippen LogP contribution in [0.25, 0.3) is 10.2 Å². The number of hydrogen-bond acceptors (Lipinski definition) is 4. The molecule has 0 radical (unpaired) electrons. The van der Waals surface area contributed by atoms with E-state index in [0.29, 0.717) is 5.19 Å². The quantitative estimate of drug-likeness (QED) is 0.705. The van der Waals surface area contributed by atoms with Gasteiger partial charge in [-0.25, -0.2) is 4.98 Å². The molecule has 4 heteroatoms. The zero-order valence-corrected chi connectivity index (χ0v) is 10.7. The molecule has 2 aromatic carbocycles. The summed E-state index contributed by atoms with van der Waals surface area (Å²) < 4.78 is 6.79. The van der Waals surface area contributed by atoms with Gasteiger partial charge in [-0.1, -0.05) is 23.5 Å². The molecule has 18 heavy (non-hydrogen) atoms. The van der Waals surface area contributed by atoms with Gasteiger partial charge >= 0.3 is 0 Å². The highest BCUT2D eigenvalue weighted by Gasteiger charge is 2.06. The van der Waals surface area contributed by atoms with E-state index in [2.05, 4.69) is 4.98 Å². The number of hydrogen-bond donors (Lipinski definition) is 1. The number of benzene rings is 2. The molecular weight excluding hydrogens is 244 g/mol. The van der Waals surface area contributed by atoms with Crippen molar-refractivity contribution in [3.63, 3.8) is 0 Å². The van der Waals surface area contributed by atoms with Crippen LogP contribution in [0.3, 0.4) is 0 Å². The van der Waals surface area contributed by atoms with E-state index in [4.69, 9.17) is 10.5 Å². The van der Waals surface area contributed by atoms with Crippen LogP contribution in [0.15, 0.2) is 42.5 Å². The molecule has 0 atom stereocenters. The molecule has 0 saturated carbocycles. The first-order chi connectivity index (χ1) is 8.70. The maximum atomic E-state index is 5.75. The molecule has 1 heterocycles. The Morgan fingerprint density at radius 1 is 1.17 bits per heavy atom. The van der Waals surface area contributed by atoms with Gasteiger partial charge in [-0.2, -0.15) is 0 Å². The van der Waals surface area contributed by atoms with Crippen molar-refractivity contribution in [2.45, 2.75) is 6.92 Å². The van der Waals surface area contributed by atoms with Gasteiger partial charge in [0.15, 0.2) is 0 Å². The number of anilines is 1. The monoisotopic (exact) mass is 256 g/mol. The molecule has 3 nitrogen and oxygen atoms in total. The Morgan fingerprint density at radius 2 is 2.06 bits per heavy atom. The van der Waals surface area contributed by atoms with Crippen LogP contribution in [-0.4, -0.2) is 4.98 Å². The van der Waals surface area contributed by atoms with Crippen molar-refractivity contribution in [3.8, 4) is 10.9 Å².